The molecule has 5 heteroatoms. The molecule has 0 radical (unpaired) electrons. The molecular formula is C53H59ClN4. The summed E-state index contributed by atoms with van der Waals surface area (Å²) in [5.74, 6) is -0.167. The molecule has 0 saturated heterocycles. The first kappa shape index (κ1) is 43.3. The monoisotopic (exact) mass is 786 g/mol. The number of hydrogen-bond acceptors (Lipinski definition) is 3. The molecule has 0 spiro atoms. The van der Waals surface area contributed by atoms with Gasteiger partial charge in [0.2, 0.25) is 0 Å². The molecule has 5 aromatic carbocycles. The second-order valence-corrected chi connectivity index (χ2v) is 14.1. The summed E-state index contributed by atoms with van der Waals surface area (Å²) < 4.78 is 2.41. The van der Waals surface area contributed by atoms with Crippen molar-refractivity contribution in [2.24, 2.45) is 0 Å². The zero-order chi connectivity index (χ0) is 41.6. The smallest absolute Gasteiger partial charge is 0.0955 e. The number of likely N-dealkylation sites (N-methyl/N-ethyl adjacent to an activating group) is 1. The number of hydrogen-bond donors (Lipinski definition) is 3. The summed E-state index contributed by atoms with van der Waals surface area (Å²) in [6.07, 6.45) is 16.4. The number of allylic oxidation sites excluding steroid dienone is 9. The molecule has 1 aromatic heterocycles. The van der Waals surface area contributed by atoms with E-state index in [0.717, 1.165) is 51.6 Å². The number of nitrogens with two attached hydrogens (primary N) is 1. The second-order valence-electron chi connectivity index (χ2n) is 13.7. The molecule has 298 valence electrons. The van der Waals surface area contributed by atoms with Crippen molar-refractivity contribution in [2.45, 2.75) is 66.5 Å². The van der Waals surface area contributed by atoms with Gasteiger partial charge in [-0.15, -0.1) is 0 Å². The normalized spacial score (nSPS) is 14.8. The van der Waals surface area contributed by atoms with Gasteiger partial charge in [-0.25, -0.2) is 0 Å². The molecule has 1 heterocycles. The van der Waals surface area contributed by atoms with E-state index in [1.807, 2.05) is 84.1 Å². The number of halogens is 1. The lowest BCUT2D eigenvalue weighted by atomic mass is 9.87. The number of benzene rings is 5. The summed E-state index contributed by atoms with van der Waals surface area (Å²) in [5, 5.41) is 13.0. The van der Waals surface area contributed by atoms with Crippen LogP contribution < -0.4 is 26.8 Å². The third-order valence-electron chi connectivity index (χ3n) is 10.5. The maximum absolute atomic E-state index is 6.96. The van der Waals surface area contributed by atoms with Gasteiger partial charge in [0.15, 0.2) is 0 Å². The van der Waals surface area contributed by atoms with Crippen LogP contribution in [-0.4, -0.2) is 11.6 Å². The second kappa shape index (κ2) is 21.1. The van der Waals surface area contributed by atoms with Gasteiger partial charge in [0.1, 0.15) is 0 Å². The van der Waals surface area contributed by atoms with Crippen LogP contribution in [0.1, 0.15) is 77.6 Å². The van der Waals surface area contributed by atoms with Crippen LogP contribution in [0.5, 0.6) is 0 Å². The minimum absolute atomic E-state index is 0.167. The summed E-state index contributed by atoms with van der Waals surface area (Å²) in [4.78, 5) is 0. The minimum Gasteiger partial charge on any atom is -0.398 e. The Hall–Kier alpha value is -5.81. The maximum Gasteiger partial charge on any atom is 0.0955 e. The van der Waals surface area contributed by atoms with Crippen LogP contribution in [0.2, 0.25) is 5.02 Å². The van der Waals surface area contributed by atoms with E-state index in [2.05, 4.69) is 144 Å². The topological polar surface area (TPSA) is 55.0 Å². The lowest BCUT2D eigenvalue weighted by Crippen LogP contribution is -2.30. The average Bonchev–Trinajstić information content (AvgIpc) is 3.59. The Morgan fingerprint density at radius 3 is 2.19 bits per heavy atom. The van der Waals surface area contributed by atoms with Crippen molar-refractivity contribution in [1.82, 2.24) is 9.88 Å². The quantitative estimate of drug-likeness (QED) is 0.0905. The van der Waals surface area contributed by atoms with Gasteiger partial charge < -0.3 is 15.6 Å². The highest BCUT2D eigenvalue weighted by Crippen LogP contribution is 2.44. The summed E-state index contributed by atoms with van der Waals surface area (Å²) in [5.41, 5.74) is 17.7. The van der Waals surface area contributed by atoms with Gasteiger partial charge in [0, 0.05) is 38.8 Å². The summed E-state index contributed by atoms with van der Waals surface area (Å²) >= 11 is 6.96. The van der Waals surface area contributed by atoms with Gasteiger partial charge in [-0.1, -0.05) is 161 Å². The first-order chi connectivity index (χ1) is 28.4. The summed E-state index contributed by atoms with van der Waals surface area (Å²) in [7, 11) is 2.01. The molecule has 0 saturated carbocycles. The largest absolute Gasteiger partial charge is 0.398 e. The average molecular weight is 788 g/mol. The number of rotatable bonds is 11. The Balaban J connectivity index is 0.00000155. The van der Waals surface area contributed by atoms with Crippen molar-refractivity contribution in [3.05, 3.63) is 202 Å². The van der Waals surface area contributed by atoms with Crippen LogP contribution >= 0.6 is 11.6 Å². The fourth-order valence-electron chi connectivity index (χ4n) is 7.92. The van der Waals surface area contributed by atoms with Gasteiger partial charge in [-0.2, -0.15) is 0 Å². The van der Waals surface area contributed by atoms with Crippen LogP contribution in [0.15, 0.2) is 175 Å². The molecule has 58 heavy (non-hydrogen) atoms. The Labute approximate surface area is 351 Å². The number of fused-ring (bicyclic) bond motifs is 3. The van der Waals surface area contributed by atoms with Crippen LogP contribution in [0.4, 0.5) is 11.4 Å². The molecule has 6 aromatic rings. The fraction of sp³-hybridized carbons (Fsp3) is 0.208. The highest BCUT2D eigenvalue weighted by atomic mass is 35.5. The molecular weight excluding hydrogens is 728 g/mol. The van der Waals surface area contributed by atoms with Crippen molar-refractivity contribution >= 4 is 56.4 Å². The highest BCUT2D eigenvalue weighted by molar-refractivity contribution is 6.31. The van der Waals surface area contributed by atoms with E-state index >= 15 is 0 Å². The molecule has 1 aliphatic carbocycles. The molecule has 1 aliphatic rings. The standard InChI is InChI=1S/C49H47ClN4.2C2H6/c1-5-7-8-18-34-27-29-45(41(31-34)33(3)37-20-10-9-19-35(37)17-6-2)53-36-28-30-47-42(32-36)38-21-13-16-26-46(38)54(47)49(52-4)48(39-22-11-14-24-43(39)50)40-23-12-15-25-44(40)51;2*1-2/h5-26,28,30-32,48-49,52-53H,2,27,29,51H2,1,3-4H3;2*1-2H3/b7-5-,18-8-,35-17-,37-33+;;. The number of nitrogen functional groups attached to an aromatic ring is 1. The lowest BCUT2D eigenvalue weighted by Gasteiger charge is -2.32. The van der Waals surface area contributed by atoms with E-state index in [0.29, 0.717) is 5.02 Å². The third-order valence-corrected chi connectivity index (χ3v) is 10.8. The van der Waals surface area contributed by atoms with Crippen LogP contribution in [0.3, 0.4) is 0 Å². The van der Waals surface area contributed by atoms with E-state index in [-0.39, 0.29) is 12.1 Å². The molecule has 4 nitrogen and oxygen atoms in total. The SMILES string of the molecule is C=C/C=c1/cccc/c1=C(/C)C1=C(Nc2ccc3c(c2)c2ccccc2n3C(NC)C(c2ccccc2N)c2ccccc2Cl)CCC(/C=C\C=C/C)=C1.CC.CC. The predicted molar refractivity (Wildman–Crippen MR) is 256 cm³/mol. The highest BCUT2D eigenvalue weighted by Gasteiger charge is 2.31. The van der Waals surface area contributed by atoms with Crippen LogP contribution in [0.25, 0.3) is 33.5 Å². The van der Waals surface area contributed by atoms with E-state index in [9.17, 15) is 0 Å². The number of nitrogens with one attached hydrogen (secondary N) is 2. The van der Waals surface area contributed by atoms with Crippen molar-refractivity contribution < 1.29 is 0 Å². The molecule has 0 aliphatic heterocycles. The van der Waals surface area contributed by atoms with Crippen molar-refractivity contribution in [1.29, 1.82) is 0 Å². The van der Waals surface area contributed by atoms with Gasteiger partial charge in [0.25, 0.3) is 0 Å². The van der Waals surface area contributed by atoms with Crippen LogP contribution in [0, 0.1) is 0 Å². The Bertz CT molecular complexity index is 2560. The number of aromatic nitrogens is 1. The van der Waals surface area contributed by atoms with Crippen molar-refractivity contribution in [2.75, 3.05) is 18.1 Å². The lowest BCUT2D eigenvalue weighted by molar-refractivity contribution is 0.413. The van der Waals surface area contributed by atoms with Crippen molar-refractivity contribution in [3.8, 4) is 0 Å². The Morgan fingerprint density at radius 1 is 0.793 bits per heavy atom. The molecule has 0 bridgehead atoms. The first-order valence-electron chi connectivity index (χ1n) is 20.6. The molecule has 0 fully saturated rings. The molecule has 2 atom stereocenters. The summed E-state index contributed by atoms with van der Waals surface area (Å²) in [6, 6.07) is 40.1. The zero-order valence-electron chi connectivity index (χ0n) is 35.2. The van der Waals surface area contributed by atoms with Gasteiger partial charge in [-0.05, 0) is 114 Å². The maximum atomic E-state index is 6.96. The van der Waals surface area contributed by atoms with Crippen molar-refractivity contribution in [3.63, 3.8) is 0 Å². The minimum atomic E-state index is -0.202. The van der Waals surface area contributed by atoms with Gasteiger partial charge in [0.05, 0.1) is 17.2 Å². The van der Waals surface area contributed by atoms with E-state index in [1.165, 1.54) is 38.4 Å². The number of anilines is 2. The fourth-order valence-corrected chi connectivity index (χ4v) is 8.17. The Kier molecular flexibility index (Phi) is 15.8. The molecule has 0 amide bonds. The molecule has 7 rings (SSSR count). The summed E-state index contributed by atoms with van der Waals surface area (Å²) in [6.45, 7) is 16.2. The van der Waals surface area contributed by atoms with Gasteiger partial charge >= 0.3 is 0 Å². The third kappa shape index (κ3) is 9.31. The predicted octanol–water partition coefficient (Wildman–Crippen LogP) is 13.0. The van der Waals surface area contributed by atoms with E-state index in [4.69, 9.17) is 17.3 Å². The van der Waals surface area contributed by atoms with Crippen LogP contribution in [-0.2, 0) is 0 Å². The van der Waals surface area contributed by atoms with Gasteiger partial charge in [-0.3, -0.25) is 5.32 Å². The Morgan fingerprint density at radius 2 is 1.47 bits per heavy atom. The molecule has 2 unspecified atom stereocenters. The van der Waals surface area contributed by atoms with E-state index < -0.39 is 0 Å². The number of para-hydroxylation sites is 2. The zero-order valence-corrected chi connectivity index (χ0v) is 35.9. The number of nitrogens with zero attached hydrogens (tertiary/aromatic N) is 1. The molecule has 4 N–H and O–H groups in total. The van der Waals surface area contributed by atoms with E-state index in [1.54, 1.807) is 0 Å². The first-order valence-corrected chi connectivity index (χ1v) is 21.0.